The highest BCUT2D eigenvalue weighted by Crippen LogP contribution is 2.34. The molecular formula is C23H30F3N5O2. The van der Waals surface area contributed by atoms with E-state index in [0.717, 1.165) is 24.9 Å². The third-order valence-corrected chi connectivity index (χ3v) is 5.51. The molecule has 0 spiro atoms. The van der Waals surface area contributed by atoms with Gasteiger partial charge in [-0.1, -0.05) is 19.9 Å². The van der Waals surface area contributed by atoms with Crippen LogP contribution in [-0.4, -0.2) is 44.0 Å². The first-order valence-corrected chi connectivity index (χ1v) is 10.8. The minimum Gasteiger partial charge on any atom is -0.364 e. The van der Waals surface area contributed by atoms with Gasteiger partial charge in [0.15, 0.2) is 5.60 Å². The zero-order chi connectivity index (χ0) is 24.6. The zero-order valence-corrected chi connectivity index (χ0v) is 19.6. The van der Waals surface area contributed by atoms with Gasteiger partial charge in [-0.2, -0.15) is 18.3 Å². The van der Waals surface area contributed by atoms with Crippen LogP contribution in [0, 0.1) is 0 Å². The first kappa shape index (κ1) is 24.8. The third kappa shape index (κ3) is 5.38. The average molecular weight is 466 g/mol. The van der Waals surface area contributed by atoms with Gasteiger partial charge in [0.25, 0.3) is 5.91 Å². The number of nitrogens with zero attached hydrogens (tertiary/aromatic N) is 3. The molecule has 0 bridgehead atoms. The molecule has 0 radical (unpaired) electrons. The summed E-state index contributed by atoms with van der Waals surface area (Å²) in [7, 11) is 0. The fourth-order valence-corrected chi connectivity index (χ4v) is 3.27. The molecule has 1 atom stereocenters. The summed E-state index contributed by atoms with van der Waals surface area (Å²) in [4.78, 5) is 20.7. The molecule has 2 N–H and O–H groups in total. The Hall–Kier alpha value is -2.88. The summed E-state index contributed by atoms with van der Waals surface area (Å²) in [5, 5.41) is 6.92. The number of hydrogen-bond acceptors (Lipinski definition) is 4. The van der Waals surface area contributed by atoms with Crippen molar-refractivity contribution in [2.75, 3.05) is 6.61 Å². The van der Waals surface area contributed by atoms with Gasteiger partial charge in [-0.3, -0.25) is 9.48 Å². The Morgan fingerprint density at radius 2 is 1.88 bits per heavy atom. The first-order valence-electron chi connectivity index (χ1n) is 10.8. The number of halogens is 3. The van der Waals surface area contributed by atoms with Gasteiger partial charge < -0.3 is 15.0 Å². The standard InChI is InChI=1S/C23H30F3N5O2/c1-13(2)15-7-8-16-17(11-15)29-20(28-16)18(12-33-22(5,6)23(24,25)26)30-21(32)19-9-10-27-31(19)14(3)4/h7-11,13-14,18H,12H2,1-6H3,(H,28,29)(H,30,32). The topological polar surface area (TPSA) is 84.8 Å². The maximum atomic E-state index is 13.4. The molecule has 0 aliphatic heterocycles. The van der Waals surface area contributed by atoms with Gasteiger partial charge in [-0.05, 0) is 57.4 Å². The number of aromatic nitrogens is 4. The summed E-state index contributed by atoms with van der Waals surface area (Å²) in [6, 6.07) is 6.29. The van der Waals surface area contributed by atoms with E-state index in [1.54, 1.807) is 10.7 Å². The number of fused-ring (bicyclic) bond motifs is 1. The highest BCUT2D eigenvalue weighted by Gasteiger charge is 2.49. The molecule has 1 aromatic carbocycles. The van der Waals surface area contributed by atoms with Crippen LogP contribution in [-0.2, 0) is 4.74 Å². The van der Waals surface area contributed by atoms with Crippen molar-refractivity contribution in [2.24, 2.45) is 0 Å². The smallest absolute Gasteiger partial charge is 0.364 e. The molecule has 0 saturated heterocycles. The second kappa shape index (κ2) is 9.17. The second-order valence-electron chi connectivity index (χ2n) is 9.15. The summed E-state index contributed by atoms with van der Waals surface area (Å²) in [5.74, 6) is 0.125. The number of carbonyl (C=O) groups is 1. The van der Waals surface area contributed by atoms with Crippen LogP contribution in [0.3, 0.4) is 0 Å². The third-order valence-electron chi connectivity index (χ3n) is 5.51. The van der Waals surface area contributed by atoms with E-state index in [9.17, 15) is 18.0 Å². The number of rotatable bonds is 8. The Labute approximate surface area is 190 Å². The van der Waals surface area contributed by atoms with E-state index in [2.05, 4.69) is 34.2 Å². The highest BCUT2D eigenvalue weighted by molar-refractivity contribution is 5.92. The average Bonchev–Trinajstić information content (AvgIpc) is 3.36. The van der Waals surface area contributed by atoms with Gasteiger partial charge in [-0.25, -0.2) is 4.98 Å². The summed E-state index contributed by atoms with van der Waals surface area (Å²) < 4.78 is 46.8. The molecule has 10 heteroatoms. The lowest BCUT2D eigenvalue weighted by Gasteiger charge is -2.30. The predicted octanol–water partition coefficient (Wildman–Crippen LogP) is 5.29. The van der Waals surface area contributed by atoms with Crippen molar-refractivity contribution < 1.29 is 22.7 Å². The van der Waals surface area contributed by atoms with E-state index >= 15 is 0 Å². The Morgan fingerprint density at radius 3 is 2.48 bits per heavy atom. The predicted molar refractivity (Wildman–Crippen MR) is 119 cm³/mol. The van der Waals surface area contributed by atoms with Gasteiger partial charge in [0.2, 0.25) is 0 Å². The van der Waals surface area contributed by atoms with Gasteiger partial charge >= 0.3 is 6.18 Å². The summed E-state index contributed by atoms with van der Waals surface area (Å²) >= 11 is 0. The van der Waals surface area contributed by atoms with Gasteiger partial charge in [-0.15, -0.1) is 0 Å². The van der Waals surface area contributed by atoms with Crippen molar-refractivity contribution in [3.63, 3.8) is 0 Å². The summed E-state index contributed by atoms with van der Waals surface area (Å²) in [5.41, 5.74) is 0.373. The van der Waals surface area contributed by atoms with E-state index in [4.69, 9.17) is 4.74 Å². The first-order chi connectivity index (χ1) is 15.3. The van der Waals surface area contributed by atoms with Crippen molar-refractivity contribution in [2.45, 2.75) is 71.3 Å². The quantitative estimate of drug-likeness (QED) is 0.473. The lowest BCUT2D eigenvalue weighted by Crippen LogP contribution is -2.44. The molecule has 0 fully saturated rings. The molecule has 0 saturated carbocycles. The van der Waals surface area contributed by atoms with E-state index in [-0.39, 0.29) is 6.04 Å². The largest absolute Gasteiger partial charge is 0.416 e. The van der Waals surface area contributed by atoms with E-state index in [1.807, 2.05) is 32.0 Å². The van der Waals surface area contributed by atoms with Gasteiger partial charge in [0.1, 0.15) is 17.6 Å². The minimum atomic E-state index is -4.57. The summed E-state index contributed by atoms with van der Waals surface area (Å²) in [6.45, 7) is 9.35. The van der Waals surface area contributed by atoms with Crippen LogP contribution in [0.15, 0.2) is 30.5 Å². The number of aromatic amines is 1. The fourth-order valence-electron chi connectivity index (χ4n) is 3.27. The SMILES string of the molecule is CC(C)c1ccc2nc(C(COC(C)(C)C(F)(F)F)NC(=O)c3ccnn3C(C)C)[nH]c2c1. The number of alkyl halides is 3. The van der Waals surface area contributed by atoms with Crippen molar-refractivity contribution in [1.82, 2.24) is 25.1 Å². The Morgan fingerprint density at radius 1 is 1.18 bits per heavy atom. The van der Waals surface area contributed by atoms with E-state index in [1.165, 1.54) is 6.20 Å². The lowest BCUT2D eigenvalue weighted by atomic mass is 10.0. The van der Waals surface area contributed by atoms with Gasteiger partial charge in [0.05, 0.1) is 17.6 Å². The Bertz CT molecular complexity index is 1110. The van der Waals surface area contributed by atoms with Crippen molar-refractivity contribution in [1.29, 1.82) is 0 Å². The number of amides is 1. The molecule has 180 valence electrons. The van der Waals surface area contributed by atoms with Crippen LogP contribution >= 0.6 is 0 Å². The summed E-state index contributed by atoms with van der Waals surface area (Å²) in [6.07, 6.45) is -3.07. The molecule has 3 aromatic rings. The maximum Gasteiger partial charge on any atom is 0.416 e. The molecule has 2 aromatic heterocycles. The van der Waals surface area contributed by atoms with E-state index in [0.29, 0.717) is 23.0 Å². The number of hydrogen-bond donors (Lipinski definition) is 2. The number of benzene rings is 1. The van der Waals surface area contributed by atoms with Crippen LogP contribution in [0.1, 0.15) is 81.4 Å². The van der Waals surface area contributed by atoms with Crippen LogP contribution in [0.25, 0.3) is 11.0 Å². The Balaban J connectivity index is 1.93. The molecular weight excluding hydrogens is 435 g/mol. The van der Waals surface area contributed by atoms with Gasteiger partial charge in [0, 0.05) is 12.2 Å². The van der Waals surface area contributed by atoms with E-state index < -0.39 is 30.3 Å². The molecule has 33 heavy (non-hydrogen) atoms. The highest BCUT2D eigenvalue weighted by atomic mass is 19.4. The molecule has 7 nitrogen and oxygen atoms in total. The monoisotopic (exact) mass is 465 g/mol. The van der Waals surface area contributed by atoms with Crippen LogP contribution in [0.5, 0.6) is 0 Å². The van der Waals surface area contributed by atoms with Crippen LogP contribution in [0.4, 0.5) is 13.2 Å². The van der Waals surface area contributed by atoms with Crippen molar-refractivity contribution in [3.05, 3.63) is 47.5 Å². The van der Waals surface area contributed by atoms with Crippen LogP contribution in [0.2, 0.25) is 0 Å². The number of imidazole rings is 1. The molecule has 2 heterocycles. The molecule has 0 aliphatic rings. The lowest BCUT2D eigenvalue weighted by molar-refractivity contribution is -0.265. The van der Waals surface area contributed by atoms with Crippen LogP contribution < -0.4 is 5.32 Å². The Kier molecular flexibility index (Phi) is 6.88. The number of carbonyl (C=O) groups excluding carboxylic acids is 1. The number of nitrogens with one attached hydrogen (secondary N) is 2. The fraction of sp³-hybridized carbons (Fsp3) is 0.522. The maximum absolute atomic E-state index is 13.4. The molecule has 0 aliphatic carbocycles. The normalized spacial score (nSPS) is 13.8. The molecule has 1 unspecified atom stereocenters. The van der Waals surface area contributed by atoms with Crippen molar-refractivity contribution >= 4 is 16.9 Å². The zero-order valence-electron chi connectivity index (χ0n) is 19.6. The number of ether oxygens (including phenoxy) is 1. The molecule has 1 amide bonds. The molecule has 3 rings (SSSR count). The van der Waals surface area contributed by atoms with Crippen molar-refractivity contribution in [3.8, 4) is 0 Å². The number of H-pyrrole nitrogens is 1. The second-order valence-corrected chi connectivity index (χ2v) is 9.15. The minimum absolute atomic E-state index is 0.0692.